The molecular formula is C20H28N4O6. The van der Waals surface area contributed by atoms with Gasteiger partial charge in [-0.3, -0.25) is 19.1 Å². The highest BCUT2D eigenvalue weighted by atomic mass is 16.5. The molecular weight excluding hydrogens is 392 g/mol. The van der Waals surface area contributed by atoms with Gasteiger partial charge in [0.2, 0.25) is 0 Å². The highest BCUT2D eigenvalue weighted by Crippen LogP contribution is 2.29. The summed E-state index contributed by atoms with van der Waals surface area (Å²) < 4.78 is 16.8. The second-order valence-electron chi connectivity index (χ2n) is 7.18. The quantitative estimate of drug-likeness (QED) is 0.666. The molecule has 10 heteroatoms. The Bertz CT molecular complexity index is 1020. The largest absolute Gasteiger partial charge is 0.493 e. The molecule has 1 aromatic carbocycles. The summed E-state index contributed by atoms with van der Waals surface area (Å²) in [4.78, 5) is 44.2. The molecule has 1 amide bonds. The number of carbonyl (C=O) groups is 1. The molecule has 10 nitrogen and oxygen atoms in total. The van der Waals surface area contributed by atoms with Gasteiger partial charge in [-0.2, -0.15) is 0 Å². The van der Waals surface area contributed by atoms with Crippen molar-refractivity contribution in [3.8, 4) is 11.5 Å². The van der Waals surface area contributed by atoms with Crippen molar-refractivity contribution in [1.29, 1.82) is 0 Å². The summed E-state index contributed by atoms with van der Waals surface area (Å²) in [6.45, 7) is 5.04. The Kier molecular flexibility index (Phi) is 6.78. The molecule has 0 aliphatic carbocycles. The smallest absolute Gasteiger partial charge is 0.328 e. The van der Waals surface area contributed by atoms with Crippen LogP contribution < -0.4 is 20.7 Å². The number of methoxy groups -OCH3 is 3. The summed E-state index contributed by atoms with van der Waals surface area (Å²) in [6, 6.07) is 3.16. The Morgan fingerprint density at radius 3 is 2.27 bits per heavy atom. The summed E-state index contributed by atoms with van der Waals surface area (Å²) in [5, 5.41) is 0.358. The van der Waals surface area contributed by atoms with Gasteiger partial charge in [0.1, 0.15) is 6.10 Å². The number of benzene rings is 1. The van der Waals surface area contributed by atoms with Crippen molar-refractivity contribution >= 4 is 16.8 Å². The first-order chi connectivity index (χ1) is 14.4. The standard InChI is InChI=1S/C20H28N4O6/c1-13(28-2)18(25)23-8-5-22(6-9-23)7-10-24-19(26)14-11-16(29-3)17(30-4)12-15(14)21-20(24)27/h11-13H,5-10H2,1-4H3,(H,21,27)/t13-/m0/s1. The molecule has 3 rings (SSSR count). The first kappa shape index (κ1) is 21.8. The lowest BCUT2D eigenvalue weighted by molar-refractivity contribution is -0.142. The molecule has 1 atom stereocenters. The number of hydrogen-bond donors (Lipinski definition) is 1. The Balaban J connectivity index is 1.72. The van der Waals surface area contributed by atoms with E-state index in [1.54, 1.807) is 24.0 Å². The molecule has 1 saturated heterocycles. The molecule has 0 radical (unpaired) electrons. The van der Waals surface area contributed by atoms with Crippen LogP contribution in [0.5, 0.6) is 11.5 Å². The summed E-state index contributed by atoms with van der Waals surface area (Å²) in [5.41, 5.74) is -0.446. The normalized spacial score (nSPS) is 15.9. The minimum Gasteiger partial charge on any atom is -0.493 e. The molecule has 1 aliphatic rings. The molecule has 0 bridgehead atoms. The van der Waals surface area contributed by atoms with Gasteiger partial charge in [0.15, 0.2) is 11.5 Å². The van der Waals surface area contributed by atoms with Crippen molar-refractivity contribution in [2.75, 3.05) is 54.1 Å². The summed E-state index contributed by atoms with van der Waals surface area (Å²) >= 11 is 0. The van der Waals surface area contributed by atoms with Crippen LogP contribution in [0.2, 0.25) is 0 Å². The monoisotopic (exact) mass is 420 g/mol. The maximum Gasteiger partial charge on any atom is 0.328 e. The minimum atomic E-state index is -0.470. The molecule has 0 unspecified atom stereocenters. The van der Waals surface area contributed by atoms with E-state index in [2.05, 4.69) is 9.88 Å². The third kappa shape index (κ3) is 4.34. The van der Waals surface area contributed by atoms with E-state index in [0.29, 0.717) is 55.1 Å². The number of piperazine rings is 1. The van der Waals surface area contributed by atoms with E-state index in [0.717, 1.165) is 0 Å². The lowest BCUT2D eigenvalue weighted by atomic mass is 10.2. The molecule has 1 aliphatic heterocycles. The molecule has 0 saturated carbocycles. The van der Waals surface area contributed by atoms with Crippen LogP contribution in [-0.2, 0) is 16.1 Å². The summed E-state index contributed by atoms with van der Waals surface area (Å²) in [7, 11) is 4.50. The number of H-pyrrole nitrogens is 1. The number of aromatic amines is 1. The highest BCUT2D eigenvalue weighted by molar-refractivity contribution is 5.81. The number of hydrogen-bond acceptors (Lipinski definition) is 7. The van der Waals surface area contributed by atoms with Gasteiger partial charge in [-0.1, -0.05) is 0 Å². The van der Waals surface area contributed by atoms with Crippen LogP contribution in [0.25, 0.3) is 10.9 Å². The Morgan fingerprint density at radius 2 is 1.67 bits per heavy atom. The number of fused-ring (bicyclic) bond motifs is 1. The zero-order valence-corrected chi connectivity index (χ0v) is 17.8. The fourth-order valence-corrected chi connectivity index (χ4v) is 3.57. The molecule has 2 aromatic rings. The van der Waals surface area contributed by atoms with Crippen molar-refractivity contribution < 1.29 is 19.0 Å². The van der Waals surface area contributed by atoms with Crippen molar-refractivity contribution in [2.45, 2.75) is 19.6 Å². The van der Waals surface area contributed by atoms with Crippen molar-refractivity contribution in [3.63, 3.8) is 0 Å². The van der Waals surface area contributed by atoms with E-state index in [1.165, 1.54) is 25.9 Å². The number of aromatic nitrogens is 2. The number of nitrogens with zero attached hydrogens (tertiary/aromatic N) is 3. The van der Waals surface area contributed by atoms with E-state index < -0.39 is 11.8 Å². The third-order valence-electron chi connectivity index (χ3n) is 5.51. The number of amides is 1. The Morgan fingerprint density at radius 1 is 1.03 bits per heavy atom. The van der Waals surface area contributed by atoms with Crippen LogP contribution in [0.1, 0.15) is 6.92 Å². The van der Waals surface area contributed by atoms with Crippen molar-refractivity contribution in [3.05, 3.63) is 33.0 Å². The molecule has 1 N–H and O–H groups in total. The fourth-order valence-electron chi connectivity index (χ4n) is 3.57. The van der Waals surface area contributed by atoms with Gasteiger partial charge in [0.05, 0.1) is 25.1 Å². The maximum atomic E-state index is 12.9. The Labute approximate surface area is 173 Å². The fraction of sp³-hybridized carbons (Fsp3) is 0.550. The van der Waals surface area contributed by atoms with Crippen LogP contribution in [-0.4, -0.2) is 85.4 Å². The SMILES string of the molecule is COc1cc2[nH]c(=O)n(CCN3CCN(C(=O)[C@H](C)OC)CC3)c(=O)c2cc1OC. The molecule has 164 valence electrons. The third-order valence-corrected chi connectivity index (χ3v) is 5.51. The molecule has 1 fully saturated rings. The van der Waals surface area contributed by atoms with Crippen LogP contribution >= 0.6 is 0 Å². The van der Waals surface area contributed by atoms with Crippen LogP contribution in [0, 0.1) is 0 Å². The van der Waals surface area contributed by atoms with Gasteiger partial charge >= 0.3 is 5.69 Å². The minimum absolute atomic E-state index is 0.0243. The maximum absolute atomic E-state index is 12.9. The van der Waals surface area contributed by atoms with Gasteiger partial charge in [-0.15, -0.1) is 0 Å². The molecule has 0 spiro atoms. The van der Waals surface area contributed by atoms with Gasteiger partial charge < -0.3 is 24.1 Å². The summed E-state index contributed by atoms with van der Waals surface area (Å²) in [5.74, 6) is 0.837. The lowest BCUT2D eigenvalue weighted by Gasteiger charge is -2.35. The van der Waals surface area contributed by atoms with E-state index in [9.17, 15) is 14.4 Å². The van der Waals surface area contributed by atoms with E-state index in [-0.39, 0.29) is 18.0 Å². The van der Waals surface area contributed by atoms with Crippen molar-refractivity contribution in [2.24, 2.45) is 0 Å². The second kappa shape index (κ2) is 9.31. The lowest BCUT2D eigenvalue weighted by Crippen LogP contribution is -2.52. The van der Waals surface area contributed by atoms with Gasteiger partial charge in [-0.25, -0.2) is 4.79 Å². The number of rotatable bonds is 7. The van der Waals surface area contributed by atoms with Crippen LogP contribution in [0.3, 0.4) is 0 Å². The van der Waals surface area contributed by atoms with E-state index in [4.69, 9.17) is 14.2 Å². The van der Waals surface area contributed by atoms with Crippen molar-refractivity contribution in [1.82, 2.24) is 19.4 Å². The predicted octanol–water partition coefficient (Wildman–Crippen LogP) is -0.114. The molecule has 1 aromatic heterocycles. The summed E-state index contributed by atoms with van der Waals surface area (Å²) in [6.07, 6.45) is -0.457. The topological polar surface area (TPSA) is 106 Å². The van der Waals surface area contributed by atoms with E-state index >= 15 is 0 Å². The van der Waals surface area contributed by atoms with Gasteiger partial charge in [0, 0.05) is 52.4 Å². The Hall–Kier alpha value is -2.85. The average Bonchev–Trinajstić information content (AvgIpc) is 2.77. The zero-order valence-electron chi connectivity index (χ0n) is 17.8. The molecule has 2 heterocycles. The number of carbonyl (C=O) groups excluding carboxylic acids is 1. The first-order valence-corrected chi connectivity index (χ1v) is 9.82. The number of ether oxygens (including phenoxy) is 3. The van der Waals surface area contributed by atoms with Crippen LogP contribution in [0.15, 0.2) is 21.7 Å². The second-order valence-corrected chi connectivity index (χ2v) is 7.18. The molecule has 30 heavy (non-hydrogen) atoms. The predicted molar refractivity (Wildman–Crippen MR) is 111 cm³/mol. The van der Waals surface area contributed by atoms with Gasteiger partial charge in [-0.05, 0) is 13.0 Å². The highest BCUT2D eigenvalue weighted by Gasteiger charge is 2.24. The first-order valence-electron chi connectivity index (χ1n) is 9.82. The van der Waals surface area contributed by atoms with Gasteiger partial charge in [0.25, 0.3) is 11.5 Å². The average molecular weight is 420 g/mol. The number of nitrogens with one attached hydrogen (secondary N) is 1. The zero-order chi connectivity index (χ0) is 21.8. The van der Waals surface area contributed by atoms with Crippen LogP contribution in [0.4, 0.5) is 0 Å². The van der Waals surface area contributed by atoms with E-state index in [1.807, 2.05) is 0 Å².